The lowest BCUT2D eigenvalue weighted by molar-refractivity contribution is 0.0924. The second kappa shape index (κ2) is 8.20. The van der Waals surface area contributed by atoms with Crippen LogP contribution in [0.25, 0.3) is 0 Å². The number of ether oxygens (including phenoxy) is 1. The van der Waals surface area contributed by atoms with E-state index in [4.69, 9.17) is 16.3 Å². The van der Waals surface area contributed by atoms with Crippen LogP contribution in [0.4, 0.5) is 0 Å². The number of benzene rings is 2. The molecule has 0 saturated heterocycles. The number of carbonyl (C=O) groups excluding carboxylic acids is 1. The molecule has 2 heterocycles. The van der Waals surface area contributed by atoms with Crippen LogP contribution in [-0.2, 0) is 6.54 Å². The van der Waals surface area contributed by atoms with Crippen molar-refractivity contribution in [2.45, 2.75) is 32.9 Å². The van der Waals surface area contributed by atoms with Gasteiger partial charge < -0.3 is 10.1 Å². The summed E-state index contributed by atoms with van der Waals surface area (Å²) in [5, 5.41) is 7.95. The second-order valence-electron chi connectivity index (χ2n) is 7.24. The Balaban J connectivity index is 1.56. The SMILES string of the molecule is Cc1ccc(Cn2nc(C)c(C(=O)NC3CCOc4ccc(Br)cc43)c2Cl)cc1. The number of amides is 1. The van der Waals surface area contributed by atoms with Gasteiger partial charge in [-0.3, -0.25) is 4.79 Å². The summed E-state index contributed by atoms with van der Waals surface area (Å²) >= 11 is 10.0. The number of nitrogens with one attached hydrogen (secondary N) is 1. The topological polar surface area (TPSA) is 56.2 Å². The normalized spacial score (nSPS) is 15.5. The summed E-state index contributed by atoms with van der Waals surface area (Å²) in [6.07, 6.45) is 0.698. The van der Waals surface area contributed by atoms with Crippen LogP contribution in [0.3, 0.4) is 0 Å². The Kier molecular flexibility index (Phi) is 5.65. The molecule has 0 saturated carbocycles. The van der Waals surface area contributed by atoms with E-state index in [1.54, 1.807) is 11.6 Å². The van der Waals surface area contributed by atoms with Crippen molar-refractivity contribution < 1.29 is 9.53 Å². The molecule has 2 aromatic carbocycles. The van der Waals surface area contributed by atoms with Gasteiger partial charge in [0, 0.05) is 16.5 Å². The predicted octanol–water partition coefficient (Wildman–Crippen LogP) is 5.22. The summed E-state index contributed by atoms with van der Waals surface area (Å²) in [5.41, 5.74) is 4.26. The zero-order chi connectivity index (χ0) is 20.5. The van der Waals surface area contributed by atoms with Crippen molar-refractivity contribution in [3.8, 4) is 5.75 Å². The van der Waals surface area contributed by atoms with Crippen molar-refractivity contribution in [2.24, 2.45) is 0 Å². The van der Waals surface area contributed by atoms with Gasteiger partial charge in [0.25, 0.3) is 5.91 Å². The van der Waals surface area contributed by atoms with Gasteiger partial charge in [0.1, 0.15) is 10.9 Å². The van der Waals surface area contributed by atoms with E-state index in [1.807, 2.05) is 49.4 Å². The van der Waals surface area contributed by atoms with Crippen LogP contribution in [-0.4, -0.2) is 22.3 Å². The van der Waals surface area contributed by atoms with Gasteiger partial charge in [-0.05, 0) is 37.6 Å². The first kappa shape index (κ1) is 20.0. The summed E-state index contributed by atoms with van der Waals surface area (Å²) in [4.78, 5) is 13.1. The van der Waals surface area contributed by atoms with Gasteiger partial charge in [-0.2, -0.15) is 5.10 Å². The van der Waals surface area contributed by atoms with Gasteiger partial charge in [0.05, 0.1) is 30.5 Å². The smallest absolute Gasteiger partial charge is 0.256 e. The Morgan fingerprint density at radius 3 is 2.79 bits per heavy atom. The van der Waals surface area contributed by atoms with Gasteiger partial charge in [0.15, 0.2) is 0 Å². The Morgan fingerprint density at radius 1 is 1.28 bits per heavy atom. The molecule has 0 aliphatic carbocycles. The Morgan fingerprint density at radius 2 is 2.03 bits per heavy atom. The molecule has 1 atom stereocenters. The zero-order valence-electron chi connectivity index (χ0n) is 16.2. The quantitative estimate of drug-likeness (QED) is 0.564. The first-order valence-corrected chi connectivity index (χ1v) is 10.6. The summed E-state index contributed by atoms with van der Waals surface area (Å²) in [7, 11) is 0. The highest BCUT2D eigenvalue weighted by molar-refractivity contribution is 9.10. The third-order valence-corrected chi connectivity index (χ3v) is 5.94. The van der Waals surface area contributed by atoms with Gasteiger partial charge in [-0.15, -0.1) is 0 Å². The van der Waals surface area contributed by atoms with Crippen LogP contribution in [0, 0.1) is 13.8 Å². The molecule has 1 unspecified atom stereocenters. The van der Waals surface area contributed by atoms with Gasteiger partial charge in [0.2, 0.25) is 0 Å². The molecule has 1 aliphatic heterocycles. The van der Waals surface area contributed by atoms with E-state index in [-0.39, 0.29) is 11.9 Å². The lowest BCUT2D eigenvalue weighted by atomic mass is 10.00. The van der Waals surface area contributed by atoms with Crippen LogP contribution < -0.4 is 10.1 Å². The maximum Gasteiger partial charge on any atom is 0.256 e. The molecule has 7 heteroatoms. The van der Waals surface area contributed by atoms with Crippen molar-refractivity contribution in [2.75, 3.05) is 6.61 Å². The molecule has 0 bridgehead atoms. The van der Waals surface area contributed by atoms with E-state index < -0.39 is 0 Å². The van der Waals surface area contributed by atoms with Gasteiger partial charge in [-0.1, -0.05) is 57.4 Å². The number of aromatic nitrogens is 2. The molecule has 0 spiro atoms. The highest BCUT2D eigenvalue weighted by atomic mass is 79.9. The first-order valence-electron chi connectivity index (χ1n) is 9.44. The fourth-order valence-electron chi connectivity index (χ4n) is 3.53. The van der Waals surface area contributed by atoms with E-state index in [0.29, 0.717) is 36.0 Å². The van der Waals surface area contributed by atoms with Crippen LogP contribution in [0.15, 0.2) is 46.9 Å². The van der Waals surface area contributed by atoms with Crippen molar-refractivity contribution in [3.63, 3.8) is 0 Å². The number of fused-ring (bicyclic) bond motifs is 1. The average Bonchev–Trinajstić information content (AvgIpc) is 2.97. The molecule has 4 rings (SSSR count). The summed E-state index contributed by atoms with van der Waals surface area (Å²) < 4.78 is 8.32. The highest BCUT2D eigenvalue weighted by Gasteiger charge is 2.27. The Hall–Kier alpha value is -2.31. The van der Waals surface area contributed by atoms with Crippen molar-refractivity contribution in [1.29, 1.82) is 0 Å². The standard InChI is InChI=1S/C22H21BrClN3O2/c1-13-3-5-15(6-4-13)12-27-21(24)20(14(2)26-27)22(28)25-18-9-10-29-19-8-7-16(23)11-17(18)19/h3-8,11,18H,9-10,12H2,1-2H3,(H,25,28). The third-order valence-electron chi connectivity index (χ3n) is 5.06. The minimum Gasteiger partial charge on any atom is -0.493 e. The molecule has 1 N–H and O–H groups in total. The maximum absolute atomic E-state index is 13.1. The fourth-order valence-corrected chi connectivity index (χ4v) is 4.23. The zero-order valence-corrected chi connectivity index (χ0v) is 18.5. The van der Waals surface area contributed by atoms with Crippen molar-refractivity contribution in [1.82, 2.24) is 15.1 Å². The van der Waals surface area contributed by atoms with Crippen LogP contribution in [0.1, 0.15) is 45.2 Å². The van der Waals surface area contributed by atoms with Crippen LogP contribution in [0.2, 0.25) is 5.15 Å². The highest BCUT2D eigenvalue weighted by Crippen LogP contribution is 2.34. The van der Waals surface area contributed by atoms with E-state index in [2.05, 4.69) is 26.3 Å². The fraction of sp³-hybridized carbons (Fsp3) is 0.273. The minimum absolute atomic E-state index is 0.139. The largest absolute Gasteiger partial charge is 0.493 e. The molecular weight excluding hydrogens is 454 g/mol. The first-order chi connectivity index (χ1) is 13.9. The van der Waals surface area contributed by atoms with Crippen LogP contribution >= 0.6 is 27.5 Å². The summed E-state index contributed by atoms with van der Waals surface area (Å²) in [5.74, 6) is 0.572. The van der Waals surface area contributed by atoms with Crippen LogP contribution in [0.5, 0.6) is 5.75 Å². The lowest BCUT2D eigenvalue weighted by Crippen LogP contribution is -2.32. The molecule has 0 fully saturated rings. The van der Waals surface area contributed by atoms with Gasteiger partial charge in [-0.25, -0.2) is 4.68 Å². The Labute approximate surface area is 183 Å². The van der Waals surface area contributed by atoms with E-state index in [9.17, 15) is 4.79 Å². The number of nitrogens with zero attached hydrogens (tertiary/aromatic N) is 2. The molecule has 1 aromatic heterocycles. The number of hydrogen-bond donors (Lipinski definition) is 1. The molecule has 0 radical (unpaired) electrons. The van der Waals surface area contributed by atoms with E-state index in [0.717, 1.165) is 21.3 Å². The Bertz CT molecular complexity index is 1060. The number of halogens is 2. The molecule has 150 valence electrons. The minimum atomic E-state index is -0.222. The monoisotopic (exact) mass is 473 g/mol. The van der Waals surface area contributed by atoms with Crippen molar-refractivity contribution in [3.05, 3.63) is 80.0 Å². The summed E-state index contributed by atoms with van der Waals surface area (Å²) in [6, 6.07) is 13.9. The predicted molar refractivity (Wildman–Crippen MR) is 117 cm³/mol. The lowest BCUT2D eigenvalue weighted by Gasteiger charge is -2.27. The molecule has 3 aromatic rings. The van der Waals surface area contributed by atoms with Gasteiger partial charge >= 0.3 is 0 Å². The van der Waals surface area contributed by atoms with Crippen molar-refractivity contribution >= 4 is 33.4 Å². The summed E-state index contributed by atoms with van der Waals surface area (Å²) in [6.45, 7) is 4.92. The number of rotatable bonds is 4. The number of aryl methyl sites for hydroxylation is 2. The molecule has 1 amide bonds. The van der Waals surface area contributed by atoms with E-state index >= 15 is 0 Å². The molecule has 1 aliphatic rings. The molecule has 29 heavy (non-hydrogen) atoms. The second-order valence-corrected chi connectivity index (χ2v) is 8.51. The maximum atomic E-state index is 13.1. The average molecular weight is 475 g/mol. The van der Waals surface area contributed by atoms with E-state index in [1.165, 1.54) is 5.56 Å². The third kappa shape index (κ3) is 4.19. The molecule has 5 nitrogen and oxygen atoms in total. The number of hydrogen-bond acceptors (Lipinski definition) is 3. The number of carbonyl (C=O) groups is 1. The molecular formula is C22H21BrClN3O2.